The van der Waals surface area contributed by atoms with E-state index in [1.165, 1.54) is 31.1 Å². The summed E-state index contributed by atoms with van der Waals surface area (Å²) in [7, 11) is 2.86. The number of ether oxygens (including phenoxy) is 1. The molecule has 0 aliphatic heterocycles. The number of hydrogen-bond acceptors (Lipinski definition) is 4. The van der Waals surface area contributed by atoms with Gasteiger partial charge in [-0.1, -0.05) is 12.1 Å². The summed E-state index contributed by atoms with van der Waals surface area (Å²) >= 11 is 0. The van der Waals surface area contributed by atoms with E-state index >= 15 is 0 Å². The van der Waals surface area contributed by atoms with Crippen LogP contribution in [0.4, 0.5) is 4.39 Å². The number of benzene rings is 1. The smallest absolute Gasteiger partial charge is 0.339 e. The number of nitrogens with one attached hydrogen (secondary N) is 1. The van der Waals surface area contributed by atoms with Gasteiger partial charge in [0.15, 0.2) is 5.78 Å². The van der Waals surface area contributed by atoms with Crippen LogP contribution in [0.5, 0.6) is 0 Å². The lowest BCUT2D eigenvalue weighted by Gasteiger charge is -2.17. The lowest BCUT2D eigenvalue weighted by Crippen LogP contribution is -2.28. The van der Waals surface area contributed by atoms with Gasteiger partial charge >= 0.3 is 5.97 Å². The molecule has 7 heteroatoms. The third-order valence-corrected chi connectivity index (χ3v) is 4.16. The number of H-pyrrole nitrogens is 1. The molecule has 0 radical (unpaired) electrons. The van der Waals surface area contributed by atoms with Gasteiger partial charge in [0.05, 0.1) is 24.8 Å². The molecule has 0 bridgehead atoms. The first-order valence-electron chi connectivity index (χ1n) is 8.03. The van der Waals surface area contributed by atoms with E-state index in [1.807, 2.05) is 0 Å². The van der Waals surface area contributed by atoms with Crippen LogP contribution in [0.15, 0.2) is 24.3 Å². The maximum atomic E-state index is 13.0. The van der Waals surface area contributed by atoms with Gasteiger partial charge in [-0.25, -0.2) is 9.18 Å². The van der Waals surface area contributed by atoms with Gasteiger partial charge in [0.1, 0.15) is 5.82 Å². The van der Waals surface area contributed by atoms with Crippen molar-refractivity contribution in [3.05, 3.63) is 58.2 Å². The highest BCUT2D eigenvalue weighted by Gasteiger charge is 2.25. The molecule has 0 aliphatic rings. The van der Waals surface area contributed by atoms with E-state index in [-0.39, 0.29) is 35.2 Å². The molecule has 2 aromatic rings. The third-order valence-electron chi connectivity index (χ3n) is 4.16. The van der Waals surface area contributed by atoms with Crippen molar-refractivity contribution in [3.63, 3.8) is 0 Å². The quantitative estimate of drug-likeness (QED) is 0.634. The fourth-order valence-corrected chi connectivity index (χ4v) is 2.76. The Hall–Kier alpha value is -2.96. The number of hydrogen-bond donors (Lipinski definition) is 1. The van der Waals surface area contributed by atoms with Crippen molar-refractivity contribution in [1.29, 1.82) is 0 Å². The number of carbonyl (C=O) groups is 3. The van der Waals surface area contributed by atoms with Crippen molar-refractivity contribution in [1.82, 2.24) is 9.88 Å². The zero-order chi connectivity index (χ0) is 19.4. The molecule has 0 fully saturated rings. The maximum Gasteiger partial charge on any atom is 0.339 e. The van der Waals surface area contributed by atoms with E-state index < -0.39 is 5.97 Å². The average Bonchev–Trinajstić information content (AvgIpc) is 2.92. The van der Waals surface area contributed by atoms with E-state index in [1.54, 1.807) is 26.1 Å². The molecule has 138 valence electrons. The van der Waals surface area contributed by atoms with Crippen LogP contribution in [0.1, 0.15) is 44.6 Å². The number of amides is 1. The summed E-state index contributed by atoms with van der Waals surface area (Å²) < 4.78 is 17.7. The standard InChI is InChI=1S/C19H21FN2O4/c1-11-17(19(25)26-4)15(21-18(11)12(2)23)9-16(24)22(3)10-13-5-7-14(20)8-6-13/h5-8,21H,9-10H2,1-4H3. The Balaban J connectivity index is 2.22. The van der Waals surface area contributed by atoms with E-state index in [4.69, 9.17) is 4.74 Å². The first-order valence-corrected chi connectivity index (χ1v) is 8.03. The minimum Gasteiger partial charge on any atom is -0.465 e. The van der Waals surface area contributed by atoms with Gasteiger partial charge in [-0.3, -0.25) is 9.59 Å². The van der Waals surface area contributed by atoms with Crippen LogP contribution in [0.3, 0.4) is 0 Å². The number of esters is 1. The Bertz CT molecular complexity index is 840. The largest absolute Gasteiger partial charge is 0.465 e. The second-order valence-electron chi connectivity index (χ2n) is 6.08. The van der Waals surface area contributed by atoms with E-state index in [0.717, 1.165) is 5.56 Å². The molecule has 0 unspecified atom stereocenters. The van der Waals surface area contributed by atoms with Crippen LogP contribution in [0.2, 0.25) is 0 Å². The highest BCUT2D eigenvalue weighted by molar-refractivity contribution is 6.01. The number of ketones is 1. The SMILES string of the molecule is COC(=O)c1c(CC(=O)N(C)Cc2ccc(F)cc2)[nH]c(C(C)=O)c1C. The number of likely N-dealkylation sites (N-methyl/N-ethyl adjacent to an activating group) is 1. The fourth-order valence-electron chi connectivity index (χ4n) is 2.76. The molecule has 0 spiro atoms. The maximum absolute atomic E-state index is 13.0. The molecule has 26 heavy (non-hydrogen) atoms. The topological polar surface area (TPSA) is 79.5 Å². The van der Waals surface area contributed by atoms with E-state index in [0.29, 0.717) is 17.8 Å². The van der Waals surface area contributed by atoms with Crippen molar-refractivity contribution in [2.24, 2.45) is 0 Å². The monoisotopic (exact) mass is 360 g/mol. The molecule has 1 aromatic heterocycles. The Kier molecular flexibility index (Phi) is 5.92. The van der Waals surface area contributed by atoms with Gasteiger partial charge in [-0.15, -0.1) is 0 Å². The van der Waals surface area contributed by atoms with Crippen LogP contribution in [-0.2, 0) is 22.5 Å². The first kappa shape index (κ1) is 19.4. The Morgan fingerprint density at radius 1 is 1.19 bits per heavy atom. The summed E-state index contributed by atoms with van der Waals surface area (Å²) in [4.78, 5) is 40.6. The van der Waals surface area contributed by atoms with Gasteiger partial charge in [0.2, 0.25) is 5.91 Å². The minimum absolute atomic E-state index is 0.0871. The van der Waals surface area contributed by atoms with Gasteiger partial charge < -0.3 is 14.6 Å². The molecule has 2 rings (SSSR count). The second kappa shape index (κ2) is 7.95. The van der Waals surface area contributed by atoms with Crippen LogP contribution in [0, 0.1) is 12.7 Å². The highest BCUT2D eigenvalue weighted by atomic mass is 19.1. The second-order valence-corrected chi connectivity index (χ2v) is 6.08. The Morgan fingerprint density at radius 2 is 1.81 bits per heavy atom. The van der Waals surface area contributed by atoms with Gasteiger partial charge in [-0.05, 0) is 30.2 Å². The molecule has 0 saturated carbocycles. The number of halogens is 1. The van der Waals surface area contributed by atoms with E-state index in [9.17, 15) is 18.8 Å². The van der Waals surface area contributed by atoms with Crippen molar-refractivity contribution >= 4 is 17.7 Å². The third kappa shape index (κ3) is 4.17. The molecule has 1 heterocycles. The number of carbonyl (C=O) groups excluding carboxylic acids is 3. The number of aromatic amines is 1. The molecule has 1 aromatic carbocycles. The molecule has 1 N–H and O–H groups in total. The van der Waals surface area contributed by atoms with Crippen LogP contribution in [0.25, 0.3) is 0 Å². The van der Waals surface area contributed by atoms with Gasteiger partial charge in [-0.2, -0.15) is 0 Å². The number of Topliss-reactive ketones (excluding diaryl/α,β-unsaturated/α-hetero) is 1. The number of methoxy groups -OCH3 is 1. The normalized spacial score (nSPS) is 10.5. The van der Waals surface area contributed by atoms with Crippen molar-refractivity contribution < 1.29 is 23.5 Å². The highest BCUT2D eigenvalue weighted by Crippen LogP contribution is 2.21. The minimum atomic E-state index is -0.602. The number of nitrogens with zero attached hydrogens (tertiary/aromatic N) is 1. The molecular formula is C19H21FN2O4. The van der Waals surface area contributed by atoms with E-state index in [2.05, 4.69) is 4.98 Å². The summed E-state index contributed by atoms with van der Waals surface area (Å²) in [5.41, 5.74) is 2.09. The molecule has 0 atom stereocenters. The molecule has 6 nitrogen and oxygen atoms in total. The lowest BCUT2D eigenvalue weighted by atomic mass is 10.1. The van der Waals surface area contributed by atoms with Crippen molar-refractivity contribution in [2.45, 2.75) is 26.8 Å². The zero-order valence-electron chi connectivity index (χ0n) is 15.2. The van der Waals surface area contributed by atoms with Gasteiger partial charge in [0.25, 0.3) is 0 Å². The predicted molar refractivity (Wildman–Crippen MR) is 93.5 cm³/mol. The lowest BCUT2D eigenvalue weighted by molar-refractivity contribution is -0.129. The molecule has 0 saturated heterocycles. The number of rotatable bonds is 6. The van der Waals surface area contributed by atoms with Crippen LogP contribution < -0.4 is 0 Å². The summed E-state index contributed by atoms with van der Waals surface area (Å²) in [6.07, 6.45) is -0.0871. The van der Waals surface area contributed by atoms with Crippen LogP contribution in [-0.4, -0.2) is 41.7 Å². The van der Waals surface area contributed by atoms with Gasteiger partial charge in [0, 0.05) is 26.2 Å². The summed E-state index contributed by atoms with van der Waals surface area (Å²) in [6, 6.07) is 5.87. The summed E-state index contributed by atoms with van der Waals surface area (Å²) in [5, 5.41) is 0. The number of aromatic nitrogens is 1. The summed E-state index contributed by atoms with van der Waals surface area (Å²) in [6.45, 7) is 3.31. The zero-order valence-corrected chi connectivity index (χ0v) is 15.2. The molecule has 1 amide bonds. The average molecular weight is 360 g/mol. The summed E-state index contributed by atoms with van der Waals surface area (Å²) in [5.74, 6) is -1.43. The molecule has 0 aliphatic carbocycles. The fraction of sp³-hybridized carbons (Fsp3) is 0.316. The molecular weight excluding hydrogens is 339 g/mol. The Labute approximate surface area is 151 Å². The van der Waals surface area contributed by atoms with Crippen molar-refractivity contribution in [3.8, 4) is 0 Å². The predicted octanol–water partition coefficient (Wildman–Crippen LogP) is 2.65. The van der Waals surface area contributed by atoms with Crippen molar-refractivity contribution in [2.75, 3.05) is 14.2 Å². The van der Waals surface area contributed by atoms with Crippen LogP contribution >= 0.6 is 0 Å². The first-order chi connectivity index (χ1) is 12.2. The Morgan fingerprint density at radius 3 is 2.35 bits per heavy atom.